The summed E-state index contributed by atoms with van der Waals surface area (Å²) >= 11 is 13.6. The highest BCUT2D eigenvalue weighted by Crippen LogP contribution is 2.22. The van der Waals surface area contributed by atoms with E-state index in [0.29, 0.717) is 28.7 Å². The summed E-state index contributed by atoms with van der Waals surface area (Å²) in [5.74, 6) is 1.76. The van der Waals surface area contributed by atoms with Crippen molar-refractivity contribution in [3.05, 3.63) is 33.8 Å². The van der Waals surface area contributed by atoms with Crippen molar-refractivity contribution in [2.24, 2.45) is 4.99 Å². The molecule has 0 aliphatic rings. The first-order valence-electron chi connectivity index (χ1n) is 8.32. The zero-order valence-corrected chi connectivity index (χ0v) is 17.0. The van der Waals surface area contributed by atoms with Crippen molar-refractivity contribution in [1.82, 2.24) is 16.0 Å². The molecule has 0 heterocycles. The summed E-state index contributed by atoms with van der Waals surface area (Å²) in [5.41, 5.74) is 0.490. The van der Waals surface area contributed by atoms with Gasteiger partial charge >= 0.3 is 0 Å². The molecule has 0 radical (unpaired) electrons. The molecule has 0 fully saturated rings. The second-order valence-electron chi connectivity index (χ2n) is 5.27. The van der Waals surface area contributed by atoms with Crippen LogP contribution in [0.5, 0.6) is 0 Å². The number of thioether (sulfide) groups is 1. The molecule has 0 unspecified atom stereocenters. The summed E-state index contributed by atoms with van der Waals surface area (Å²) in [7, 11) is 0. The lowest BCUT2D eigenvalue weighted by atomic mass is 10.2. The summed E-state index contributed by atoms with van der Waals surface area (Å²) < 4.78 is 0. The molecular weight excluding hydrogens is 379 g/mol. The van der Waals surface area contributed by atoms with Crippen molar-refractivity contribution in [3.63, 3.8) is 0 Å². The van der Waals surface area contributed by atoms with E-state index in [1.54, 1.807) is 18.2 Å². The van der Waals surface area contributed by atoms with E-state index in [1.165, 1.54) is 12.2 Å². The number of hydrogen-bond acceptors (Lipinski definition) is 3. The Morgan fingerprint density at radius 2 is 1.88 bits per heavy atom. The Bertz CT molecular complexity index is 570. The van der Waals surface area contributed by atoms with Gasteiger partial charge in [-0.3, -0.25) is 9.79 Å². The van der Waals surface area contributed by atoms with Crippen LogP contribution >= 0.6 is 35.0 Å². The number of amides is 1. The Morgan fingerprint density at radius 1 is 1.12 bits per heavy atom. The molecule has 0 bridgehead atoms. The SMILES string of the molecule is CCNC(=NCCCCSC)NCCNC(=O)c1ccc(Cl)c(Cl)c1. The molecular formula is C17H26Cl2N4OS. The monoisotopic (exact) mass is 404 g/mol. The highest BCUT2D eigenvalue weighted by Gasteiger charge is 2.07. The first kappa shape index (κ1) is 21.9. The number of nitrogens with one attached hydrogen (secondary N) is 3. The van der Waals surface area contributed by atoms with E-state index in [-0.39, 0.29) is 5.91 Å². The fourth-order valence-corrected chi connectivity index (χ4v) is 2.78. The molecule has 8 heteroatoms. The Morgan fingerprint density at radius 3 is 2.56 bits per heavy atom. The lowest BCUT2D eigenvalue weighted by molar-refractivity contribution is 0.0954. The van der Waals surface area contributed by atoms with Gasteiger partial charge in [-0.1, -0.05) is 23.2 Å². The van der Waals surface area contributed by atoms with Crippen molar-refractivity contribution >= 4 is 46.8 Å². The predicted octanol–water partition coefficient (Wildman–Crippen LogP) is 3.42. The molecule has 1 rings (SSSR count). The van der Waals surface area contributed by atoms with Gasteiger partial charge in [0.05, 0.1) is 10.0 Å². The second kappa shape index (κ2) is 13.1. The maximum absolute atomic E-state index is 12.1. The van der Waals surface area contributed by atoms with Gasteiger partial charge in [-0.15, -0.1) is 0 Å². The third-order valence-electron chi connectivity index (χ3n) is 3.26. The van der Waals surface area contributed by atoms with E-state index in [1.807, 2.05) is 18.7 Å². The Labute approximate surface area is 164 Å². The van der Waals surface area contributed by atoms with E-state index in [2.05, 4.69) is 27.2 Å². The number of rotatable bonds is 10. The van der Waals surface area contributed by atoms with Crippen LogP contribution in [0, 0.1) is 0 Å². The molecule has 0 aliphatic heterocycles. The molecule has 5 nitrogen and oxygen atoms in total. The standard InChI is InChI=1S/C17H26Cl2N4OS/c1-3-20-17(22-8-4-5-11-25-2)23-10-9-21-16(24)13-6-7-14(18)15(19)12-13/h6-7,12H,3-5,8-11H2,1-2H3,(H,21,24)(H2,20,22,23). The van der Waals surface area contributed by atoms with Gasteiger partial charge in [0.15, 0.2) is 5.96 Å². The molecule has 0 saturated carbocycles. The zero-order valence-electron chi connectivity index (χ0n) is 14.7. The molecule has 0 aliphatic carbocycles. The molecule has 0 spiro atoms. The quantitative estimate of drug-likeness (QED) is 0.317. The van der Waals surface area contributed by atoms with Crippen LogP contribution < -0.4 is 16.0 Å². The van der Waals surface area contributed by atoms with Crippen LogP contribution in [0.2, 0.25) is 10.0 Å². The second-order valence-corrected chi connectivity index (χ2v) is 7.07. The van der Waals surface area contributed by atoms with Crippen LogP contribution in [0.25, 0.3) is 0 Å². The smallest absolute Gasteiger partial charge is 0.251 e. The van der Waals surface area contributed by atoms with Crippen LogP contribution in [-0.2, 0) is 0 Å². The number of carbonyl (C=O) groups is 1. The number of unbranched alkanes of at least 4 members (excludes halogenated alkanes) is 1. The van der Waals surface area contributed by atoms with Gasteiger partial charge in [0.25, 0.3) is 5.91 Å². The number of halogens is 2. The van der Waals surface area contributed by atoms with E-state index < -0.39 is 0 Å². The molecule has 1 aromatic rings. The average molecular weight is 405 g/mol. The van der Waals surface area contributed by atoms with Gasteiger partial charge in [-0.25, -0.2) is 0 Å². The Hall–Kier alpha value is -1.11. The minimum Gasteiger partial charge on any atom is -0.357 e. The van der Waals surface area contributed by atoms with Gasteiger partial charge in [-0.05, 0) is 50.0 Å². The molecule has 1 aromatic carbocycles. The van der Waals surface area contributed by atoms with E-state index in [9.17, 15) is 4.79 Å². The molecule has 1 amide bonds. The summed E-state index contributed by atoms with van der Waals surface area (Å²) in [6.45, 7) is 4.69. The molecule has 25 heavy (non-hydrogen) atoms. The third-order valence-corrected chi connectivity index (χ3v) is 4.69. The van der Waals surface area contributed by atoms with Crippen LogP contribution in [0.1, 0.15) is 30.1 Å². The molecule has 140 valence electrons. The minimum absolute atomic E-state index is 0.181. The maximum Gasteiger partial charge on any atom is 0.251 e. The van der Waals surface area contributed by atoms with E-state index in [4.69, 9.17) is 23.2 Å². The molecule has 0 saturated heterocycles. The lowest BCUT2D eigenvalue weighted by Gasteiger charge is -2.12. The van der Waals surface area contributed by atoms with Crippen molar-refractivity contribution in [1.29, 1.82) is 0 Å². The van der Waals surface area contributed by atoms with Crippen LogP contribution in [0.15, 0.2) is 23.2 Å². The topological polar surface area (TPSA) is 65.5 Å². The van der Waals surface area contributed by atoms with Crippen molar-refractivity contribution in [2.75, 3.05) is 38.2 Å². The van der Waals surface area contributed by atoms with Crippen molar-refractivity contribution in [2.45, 2.75) is 19.8 Å². The number of nitrogens with zero attached hydrogens (tertiary/aromatic N) is 1. The van der Waals surface area contributed by atoms with E-state index in [0.717, 1.165) is 25.5 Å². The summed E-state index contributed by atoms with van der Waals surface area (Å²) in [6.07, 6.45) is 4.36. The van der Waals surface area contributed by atoms with Crippen molar-refractivity contribution < 1.29 is 4.79 Å². The Kier molecular flexibility index (Phi) is 11.5. The lowest BCUT2D eigenvalue weighted by Crippen LogP contribution is -2.41. The number of aliphatic imine (C=N–C) groups is 1. The number of carbonyl (C=O) groups excluding carboxylic acids is 1. The number of guanidine groups is 1. The van der Waals surface area contributed by atoms with Crippen LogP contribution in [-0.4, -0.2) is 50.1 Å². The summed E-state index contributed by atoms with van der Waals surface area (Å²) in [5, 5.41) is 10.0. The van der Waals surface area contributed by atoms with Gasteiger partial charge in [0.1, 0.15) is 0 Å². The maximum atomic E-state index is 12.1. The molecule has 0 atom stereocenters. The number of hydrogen-bond donors (Lipinski definition) is 3. The highest BCUT2D eigenvalue weighted by atomic mass is 35.5. The summed E-state index contributed by atoms with van der Waals surface area (Å²) in [4.78, 5) is 16.6. The minimum atomic E-state index is -0.181. The van der Waals surface area contributed by atoms with Gasteiger partial charge in [0, 0.05) is 31.7 Å². The first-order chi connectivity index (χ1) is 12.1. The van der Waals surface area contributed by atoms with Crippen LogP contribution in [0.4, 0.5) is 0 Å². The van der Waals surface area contributed by atoms with Gasteiger partial charge in [0.2, 0.25) is 0 Å². The average Bonchev–Trinajstić information content (AvgIpc) is 2.60. The predicted molar refractivity (Wildman–Crippen MR) is 110 cm³/mol. The normalized spacial score (nSPS) is 11.3. The largest absolute Gasteiger partial charge is 0.357 e. The summed E-state index contributed by atoms with van der Waals surface area (Å²) in [6, 6.07) is 4.83. The number of benzene rings is 1. The fourth-order valence-electron chi connectivity index (χ4n) is 1.99. The Balaban J connectivity index is 2.33. The molecule has 0 aromatic heterocycles. The van der Waals surface area contributed by atoms with Gasteiger partial charge in [-0.2, -0.15) is 11.8 Å². The van der Waals surface area contributed by atoms with Gasteiger partial charge < -0.3 is 16.0 Å². The first-order valence-corrected chi connectivity index (χ1v) is 10.5. The van der Waals surface area contributed by atoms with E-state index >= 15 is 0 Å². The fraction of sp³-hybridized carbons (Fsp3) is 0.529. The third kappa shape index (κ3) is 9.23. The van der Waals surface area contributed by atoms with Crippen LogP contribution in [0.3, 0.4) is 0 Å². The molecule has 3 N–H and O–H groups in total. The zero-order chi connectivity index (χ0) is 18.5. The highest BCUT2D eigenvalue weighted by molar-refractivity contribution is 7.98. The van der Waals surface area contributed by atoms with Crippen molar-refractivity contribution in [3.8, 4) is 0 Å².